The second-order valence-corrected chi connectivity index (χ2v) is 2.70. The Labute approximate surface area is 74.5 Å². The molecule has 0 bridgehead atoms. The fourth-order valence-electron chi connectivity index (χ4n) is 0.999. The lowest BCUT2D eigenvalue weighted by Crippen LogP contribution is -2.11. The predicted octanol–water partition coefficient (Wildman–Crippen LogP) is 1.40. The summed E-state index contributed by atoms with van der Waals surface area (Å²) in [6.45, 7) is 1.50. The van der Waals surface area contributed by atoms with E-state index in [-0.39, 0.29) is 0 Å². The number of nitrogens with one attached hydrogen (secondary N) is 1. The largest absolute Gasteiger partial charge is 0.379 e. The summed E-state index contributed by atoms with van der Waals surface area (Å²) in [5.41, 5.74) is 0. The van der Waals surface area contributed by atoms with Gasteiger partial charge in [-0.25, -0.2) is 0 Å². The maximum Gasteiger partial charge on any atom is 0.309 e. The Morgan fingerprint density at radius 1 is 1.17 bits per heavy atom. The van der Waals surface area contributed by atoms with Crippen LogP contribution in [0.25, 0.3) is 0 Å². The molecule has 0 spiro atoms. The molecular formula is C9H17NO2. The molecule has 0 heterocycles. The van der Waals surface area contributed by atoms with Gasteiger partial charge in [0.2, 0.25) is 0 Å². The molecule has 0 rings (SSSR count). The summed E-state index contributed by atoms with van der Waals surface area (Å²) < 4.78 is 4.67. The first-order chi connectivity index (χ1) is 5.91. The third-order valence-electron chi connectivity index (χ3n) is 1.66. The van der Waals surface area contributed by atoms with Crippen molar-refractivity contribution in [3.8, 4) is 0 Å². The van der Waals surface area contributed by atoms with Crippen LogP contribution in [0.1, 0.15) is 32.1 Å². The third kappa shape index (κ3) is 9.43. The summed E-state index contributed by atoms with van der Waals surface area (Å²) in [5, 5.41) is 2.51. The van der Waals surface area contributed by atoms with E-state index in [1.165, 1.54) is 12.8 Å². The number of amides is 1. The van der Waals surface area contributed by atoms with Crippen molar-refractivity contribution in [2.75, 3.05) is 13.2 Å². The highest BCUT2D eigenvalue weighted by Crippen LogP contribution is 2.01. The minimum Gasteiger partial charge on any atom is -0.379 e. The molecule has 12 heavy (non-hydrogen) atoms. The van der Waals surface area contributed by atoms with Gasteiger partial charge < -0.3 is 10.1 Å². The van der Waals surface area contributed by atoms with E-state index in [0.717, 1.165) is 32.4 Å². The molecule has 1 amide bonds. The van der Waals surface area contributed by atoms with Crippen LogP contribution in [0.2, 0.25) is 0 Å². The lowest BCUT2D eigenvalue weighted by Gasteiger charge is -1.99. The van der Waals surface area contributed by atoms with Crippen molar-refractivity contribution < 1.29 is 9.53 Å². The number of ether oxygens (including phenoxy) is 1. The van der Waals surface area contributed by atoms with Crippen molar-refractivity contribution in [2.24, 2.45) is 0 Å². The van der Waals surface area contributed by atoms with Crippen molar-refractivity contribution in [2.45, 2.75) is 32.1 Å². The molecule has 0 unspecified atom stereocenters. The molecule has 0 aromatic heterocycles. The first-order valence-electron chi connectivity index (χ1n) is 4.39. The standard InChI is InChI=1S/C9H17NO2/c1-12-8-6-4-2-3-5-7-10-9-11/h1-8H2,(H,10,11). The van der Waals surface area contributed by atoms with Crippen LogP contribution >= 0.6 is 0 Å². The van der Waals surface area contributed by atoms with Gasteiger partial charge in [0.05, 0.1) is 7.11 Å². The first kappa shape index (κ1) is 11.4. The van der Waals surface area contributed by atoms with Gasteiger partial charge in [0.1, 0.15) is 0 Å². The fraction of sp³-hybridized carbons (Fsp3) is 0.778. The van der Waals surface area contributed by atoms with Crippen LogP contribution in [-0.4, -0.2) is 19.6 Å². The summed E-state index contributed by atoms with van der Waals surface area (Å²) in [5.74, 6) is 0. The van der Waals surface area contributed by atoms with Crippen molar-refractivity contribution in [3.63, 3.8) is 0 Å². The molecule has 70 valence electrons. The molecule has 1 N–H and O–H groups in total. The molecular weight excluding hydrogens is 154 g/mol. The van der Waals surface area contributed by atoms with Gasteiger partial charge in [-0.05, 0) is 12.8 Å². The van der Waals surface area contributed by atoms with E-state index in [0.29, 0.717) is 0 Å². The topological polar surface area (TPSA) is 38.3 Å². The van der Waals surface area contributed by atoms with E-state index in [2.05, 4.69) is 17.2 Å². The van der Waals surface area contributed by atoms with Crippen molar-refractivity contribution in [3.05, 3.63) is 7.11 Å². The smallest absolute Gasteiger partial charge is 0.309 e. The molecule has 3 heteroatoms. The Kier molecular flexibility index (Phi) is 9.93. The maximum atomic E-state index is 9.72. The van der Waals surface area contributed by atoms with E-state index < -0.39 is 0 Å². The molecule has 0 aliphatic heterocycles. The van der Waals surface area contributed by atoms with Crippen LogP contribution in [0, 0.1) is 7.11 Å². The Balaban J connectivity index is 2.77. The highest BCUT2D eigenvalue weighted by atomic mass is 16.5. The second-order valence-electron chi connectivity index (χ2n) is 2.70. The molecule has 3 nitrogen and oxygen atoms in total. The average Bonchev–Trinajstić information content (AvgIpc) is 2.10. The zero-order valence-electron chi connectivity index (χ0n) is 7.47. The van der Waals surface area contributed by atoms with E-state index in [1.54, 1.807) is 6.41 Å². The highest BCUT2D eigenvalue weighted by molar-refractivity contribution is 5.46. The van der Waals surface area contributed by atoms with Gasteiger partial charge in [-0.15, -0.1) is 0 Å². The van der Waals surface area contributed by atoms with Gasteiger partial charge in [0, 0.05) is 13.2 Å². The SMILES string of the molecule is [CH2]OCCCCCCCN[C]=O. The van der Waals surface area contributed by atoms with Gasteiger partial charge in [-0.2, -0.15) is 0 Å². The van der Waals surface area contributed by atoms with E-state index in [4.69, 9.17) is 0 Å². The van der Waals surface area contributed by atoms with Crippen LogP contribution in [0.5, 0.6) is 0 Å². The van der Waals surface area contributed by atoms with Crippen LogP contribution < -0.4 is 5.32 Å². The number of rotatable bonds is 9. The summed E-state index contributed by atoms with van der Waals surface area (Å²) in [6.07, 6.45) is 7.31. The van der Waals surface area contributed by atoms with Crippen LogP contribution in [0.15, 0.2) is 0 Å². The number of unbranched alkanes of at least 4 members (excludes halogenated alkanes) is 4. The van der Waals surface area contributed by atoms with Gasteiger partial charge in [-0.3, -0.25) is 4.79 Å². The first-order valence-corrected chi connectivity index (χ1v) is 4.39. The van der Waals surface area contributed by atoms with E-state index in [9.17, 15) is 4.79 Å². The zero-order chi connectivity index (χ0) is 9.07. The molecule has 0 saturated heterocycles. The molecule has 0 aromatic carbocycles. The molecule has 0 aromatic rings. The van der Waals surface area contributed by atoms with Gasteiger partial charge in [-0.1, -0.05) is 19.3 Å². The fourth-order valence-corrected chi connectivity index (χ4v) is 0.999. The van der Waals surface area contributed by atoms with Crippen molar-refractivity contribution in [1.29, 1.82) is 0 Å². The maximum absolute atomic E-state index is 9.72. The second kappa shape index (κ2) is 10.4. The van der Waals surface area contributed by atoms with Crippen LogP contribution in [0.3, 0.4) is 0 Å². The Morgan fingerprint density at radius 2 is 1.83 bits per heavy atom. The third-order valence-corrected chi connectivity index (χ3v) is 1.66. The zero-order valence-corrected chi connectivity index (χ0v) is 7.47. The Bertz CT molecular complexity index is 96.5. The molecule has 0 fully saturated rings. The van der Waals surface area contributed by atoms with Crippen molar-refractivity contribution in [1.82, 2.24) is 5.32 Å². The average molecular weight is 171 g/mol. The van der Waals surface area contributed by atoms with Crippen LogP contribution in [0.4, 0.5) is 0 Å². The number of carbonyl (C=O) groups excluding carboxylic acids is 1. The lowest BCUT2D eigenvalue weighted by molar-refractivity contribution is 0.233. The van der Waals surface area contributed by atoms with Gasteiger partial charge >= 0.3 is 6.41 Å². The monoisotopic (exact) mass is 171 g/mol. The van der Waals surface area contributed by atoms with Gasteiger partial charge in [0.15, 0.2) is 0 Å². The minimum atomic E-state index is 0.745. The highest BCUT2D eigenvalue weighted by Gasteiger charge is 1.89. The van der Waals surface area contributed by atoms with E-state index in [1.807, 2.05) is 0 Å². The molecule has 0 aliphatic carbocycles. The van der Waals surface area contributed by atoms with Gasteiger partial charge in [0.25, 0.3) is 0 Å². The molecule has 0 aliphatic rings. The summed E-state index contributed by atoms with van der Waals surface area (Å²) in [7, 11) is 3.29. The lowest BCUT2D eigenvalue weighted by atomic mass is 10.1. The predicted molar refractivity (Wildman–Crippen MR) is 48.1 cm³/mol. The summed E-state index contributed by atoms with van der Waals surface area (Å²) in [6, 6.07) is 0. The summed E-state index contributed by atoms with van der Waals surface area (Å²) in [4.78, 5) is 9.72. The Hall–Kier alpha value is -0.570. The molecule has 2 radical (unpaired) electrons. The molecule has 0 saturated carbocycles. The molecule has 0 atom stereocenters. The Morgan fingerprint density at radius 3 is 2.50 bits per heavy atom. The number of hydrogen-bond donors (Lipinski definition) is 1. The van der Waals surface area contributed by atoms with E-state index >= 15 is 0 Å². The number of hydrogen-bond acceptors (Lipinski definition) is 2. The minimum absolute atomic E-state index is 0.745. The quantitative estimate of drug-likeness (QED) is 0.420. The van der Waals surface area contributed by atoms with Crippen molar-refractivity contribution >= 4 is 6.41 Å². The normalized spacial score (nSPS) is 9.75. The summed E-state index contributed by atoms with van der Waals surface area (Å²) >= 11 is 0. The van der Waals surface area contributed by atoms with Crippen LogP contribution in [-0.2, 0) is 9.53 Å².